The Morgan fingerprint density at radius 3 is 2.50 bits per heavy atom. The second-order valence-corrected chi connectivity index (χ2v) is 2.94. The van der Waals surface area contributed by atoms with Gasteiger partial charge in [0.05, 0.1) is 0 Å². The fourth-order valence-electron chi connectivity index (χ4n) is 1.11. The summed E-state index contributed by atoms with van der Waals surface area (Å²) in [6.45, 7) is 3.30. The highest BCUT2D eigenvalue weighted by Crippen LogP contribution is 2.13. The molecule has 0 aliphatic heterocycles. The molecule has 2 amide bonds. The molecule has 16 heavy (non-hydrogen) atoms. The molecule has 1 atom stereocenters. The number of nitrogens with one attached hydrogen (secondary N) is 1. The molecule has 84 valence electrons. The van der Waals surface area contributed by atoms with E-state index in [4.69, 9.17) is 10.5 Å². The number of primary amides is 1. The van der Waals surface area contributed by atoms with Gasteiger partial charge in [-0.05, 0) is 6.08 Å². The third-order valence-corrected chi connectivity index (χ3v) is 1.80. The van der Waals surface area contributed by atoms with E-state index in [0.717, 1.165) is 6.08 Å². The molecule has 1 unspecified atom stereocenters. The lowest BCUT2D eigenvalue weighted by Gasteiger charge is -2.17. The fourth-order valence-corrected chi connectivity index (χ4v) is 1.11. The molecule has 0 saturated heterocycles. The number of rotatable bonds is 4. The van der Waals surface area contributed by atoms with Gasteiger partial charge in [-0.3, -0.25) is 4.79 Å². The van der Waals surface area contributed by atoms with E-state index in [1.807, 2.05) is 0 Å². The number of carbonyl (C=O) groups is 2. The normalized spacial score (nSPS) is 11.2. The molecule has 0 aliphatic carbocycles. The summed E-state index contributed by atoms with van der Waals surface area (Å²) in [6.07, 6.45) is -0.775. The smallest absolute Gasteiger partial charge is 0.406 e. The molecule has 1 aromatic carbocycles. The lowest BCUT2D eigenvalue weighted by molar-refractivity contribution is -0.119. The van der Waals surface area contributed by atoms with Gasteiger partial charge in [0.25, 0.3) is 0 Å². The van der Waals surface area contributed by atoms with E-state index in [2.05, 4.69) is 11.9 Å². The predicted octanol–water partition coefficient (Wildman–Crippen LogP) is 1.08. The molecule has 0 aliphatic rings. The average Bonchev–Trinajstić information content (AvgIpc) is 2.28. The maximum atomic E-state index is 11.1. The van der Waals surface area contributed by atoms with Gasteiger partial charge in [-0.2, -0.15) is 0 Å². The zero-order valence-corrected chi connectivity index (χ0v) is 8.55. The van der Waals surface area contributed by atoms with Crippen LogP contribution in [0.5, 0.6) is 0 Å². The summed E-state index contributed by atoms with van der Waals surface area (Å²) < 4.78 is 4.77. The molecular weight excluding hydrogens is 208 g/mol. The Balaban J connectivity index is 2.83. The Bertz CT molecular complexity index is 389. The number of nitrogens with two attached hydrogens (primary N) is 1. The van der Waals surface area contributed by atoms with Crippen molar-refractivity contribution >= 4 is 12.0 Å². The van der Waals surface area contributed by atoms with E-state index in [0.29, 0.717) is 5.56 Å². The summed E-state index contributed by atoms with van der Waals surface area (Å²) in [6, 6.07) is 8.73. The van der Waals surface area contributed by atoms with E-state index >= 15 is 0 Å². The van der Waals surface area contributed by atoms with Crippen LogP contribution in [0.1, 0.15) is 11.8 Å². The first-order valence-electron chi connectivity index (χ1n) is 4.57. The van der Waals surface area contributed by atoms with Gasteiger partial charge in [-0.15, -0.1) is 0 Å². The molecule has 3 N–H and O–H groups in total. The van der Waals surface area contributed by atoms with Crippen LogP contribution in [-0.4, -0.2) is 12.0 Å². The first kappa shape index (κ1) is 11.8. The van der Waals surface area contributed by atoms with Crippen molar-refractivity contribution in [1.82, 2.24) is 5.32 Å². The molecule has 0 fully saturated rings. The summed E-state index contributed by atoms with van der Waals surface area (Å²) in [5.74, 6) is -0.449. The van der Waals surface area contributed by atoms with Gasteiger partial charge >= 0.3 is 6.09 Å². The largest absolute Gasteiger partial charge is 0.421 e. The standard InChI is InChI=1S/C11H12N2O3/c1-2-9(14)13-10(16-11(12)15)8-6-4-3-5-7-8/h2-7,10H,1H2,(H2,12,15)(H,13,14). The minimum atomic E-state index is -0.960. The third kappa shape index (κ3) is 3.45. The number of ether oxygens (including phenoxy) is 1. The van der Waals surface area contributed by atoms with Gasteiger partial charge in [0.1, 0.15) is 0 Å². The van der Waals surface area contributed by atoms with E-state index in [-0.39, 0.29) is 0 Å². The quantitative estimate of drug-likeness (QED) is 0.588. The Morgan fingerprint density at radius 1 is 1.38 bits per heavy atom. The van der Waals surface area contributed by atoms with Crippen LogP contribution in [0.2, 0.25) is 0 Å². The first-order valence-corrected chi connectivity index (χ1v) is 4.57. The molecular formula is C11H12N2O3. The monoisotopic (exact) mass is 220 g/mol. The third-order valence-electron chi connectivity index (χ3n) is 1.80. The van der Waals surface area contributed by atoms with Gasteiger partial charge in [0, 0.05) is 5.56 Å². The van der Waals surface area contributed by atoms with Gasteiger partial charge in [-0.1, -0.05) is 36.9 Å². The van der Waals surface area contributed by atoms with Crippen LogP contribution in [0.4, 0.5) is 4.79 Å². The summed E-state index contributed by atoms with van der Waals surface area (Å²) in [5, 5.41) is 2.43. The fraction of sp³-hybridized carbons (Fsp3) is 0.0909. The minimum Gasteiger partial charge on any atom is -0.421 e. The van der Waals surface area contributed by atoms with Crippen molar-refractivity contribution in [3.8, 4) is 0 Å². The van der Waals surface area contributed by atoms with E-state index in [1.54, 1.807) is 30.3 Å². The van der Waals surface area contributed by atoms with Crippen molar-refractivity contribution in [2.75, 3.05) is 0 Å². The van der Waals surface area contributed by atoms with Crippen molar-refractivity contribution < 1.29 is 14.3 Å². The SMILES string of the molecule is C=CC(=O)NC(OC(N)=O)c1ccccc1. The number of amides is 2. The van der Waals surface area contributed by atoms with Crippen molar-refractivity contribution in [3.05, 3.63) is 48.6 Å². The Kier molecular flexibility index (Phi) is 4.08. The highest BCUT2D eigenvalue weighted by atomic mass is 16.6. The van der Waals surface area contributed by atoms with E-state index in [1.165, 1.54) is 0 Å². The molecule has 0 heterocycles. The van der Waals surface area contributed by atoms with E-state index < -0.39 is 18.2 Å². The predicted molar refractivity (Wildman–Crippen MR) is 58.2 cm³/mol. The van der Waals surface area contributed by atoms with Gasteiger partial charge in [0.15, 0.2) is 0 Å². The summed E-state index contributed by atoms with van der Waals surface area (Å²) in [5.41, 5.74) is 5.53. The number of carbonyl (C=O) groups excluding carboxylic acids is 2. The minimum absolute atomic E-state index is 0.449. The zero-order valence-electron chi connectivity index (χ0n) is 8.55. The Morgan fingerprint density at radius 2 is 2.00 bits per heavy atom. The summed E-state index contributed by atoms with van der Waals surface area (Å²) >= 11 is 0. The second-order valence-electron chi connectivity index (χ2n) is 2.94. The number of hydrogen-bond acceptors (Lipinski definition) is 3. The van der Waals surface area contributed by atoms with Gasteiger partial charge in [-0.25, -0.2) is 4.79 Å². The number of benzene rings is 1. The molecule has 0 radical (unpaired) electrons. The molecule has 0 bridgehead atoms. The highest BCUT2D eigenvalue weighted by Gasteiger charge is 2.15. The first-order chi connectivity index (χ1) is 7.63. The van der Waals surface area contributed by atoms with Crippen molar-refractivity contribution in [1.29, 1.82) is 0 Å². The lowest BCUT2D eigenvalue weighted by Crippen LogP contribution is -2.32. The molecule has 1 aromatic rings. The second kappa shape index (κ2) is 5.55. The summed E-state index contributed by atoms with van der Waals surface area (Å²) in [7, 11) is 0. The maximum Gasteiger partial charge on any atom is 0.406 e. The zero-order chi connectivity index (χ0) is 12.0. The number of hydrogen-bond donors (Lipinski definition) is 2. The average molecular weight is 220 g/mol. The van der Waals surface area contributed by atoms with Crippen LogP contribution in [0.25, 0.3) is 0 Å². The van der Waals surface area contributed by atoms with Crippen LogP contribution in [0.15, 0.2) is 43.0 Å². The van der Waals surface area contributed by atoms with Crippen LogP contribution < -0.4 is 11.1 Å². The Labute approximate surface area is 92.9 Å². The van der Waals surface area contributed by atoms with E-state index in [9.17, 15) is 9.59 Å². The van der Waals surface area contributed by atoms with Crippen LogP contribution in [0.3, 0.4) is 0 Å². The molecule has 0 aromatic heterocycles. The van der Waals surface area contributed by atoms with Crippen molar-refractivity contribution in [2.24, 2.45) is 5.73 Å². The molecule has 5 nitrogen and oxygen atoms in total. The van der Waals surface area contributed by atoms with Crippen LogP contribution in [-0.2, 0) is 9.53 Å². The molecule has 5 heteroatoms. The summed E-state index contributed by atoms with van der Waals surface area (Å²) in [4.78, 5) is 21.8. The molecule has 0 saturated carbocycles. The van der Waals surface area contributed by atoms with Gasteiger partial charge < -0.3 is 15.8 Å². The molecule has 1 rings (SSSR count). The molecule has 0 spiro atoms. The van der Waals surface area contributed by atoms with Gasteiger partial charge in [0.2, 0.25) is 12.1 Å². The Hall–Kier alpha value is -2.30. The van der Waals surface area contributed by atoms with Crippen LogP contribution in [0, 0.1) is 0 Å². The maximum absolute atomic E-state index is 11.1. The topological polar surface area (TPSA) is 81.4 Å². The van der Waals surface area contributed by atoms with Crippen LogP contribution >= 0.6 is 0 Å². The van der Waals surface area contributed by atoms with Crippen molar-refractivity contribution in [3.63, 3.8) is 0 Å². The highest BCUT2D eigenvalue weighted by molar-refractivity contribution is 5.87. The lowest BCUT2D eigenvalue weighted by atomic mass is 10.2. The van der Waals surface area contributed by atoms with Crippen molar-refractivity contribution in [2.45, 2.75) is 6.23 Å².